The third kappa shape index (κ3) is 10.3. The average molecular weight is 611 g/mol. The standard InChI is InChI=1S/C43H66N2/c1-9-12-15-18-20-23-25-39-32(4)28-37(29-33(39)5)42-36(8)41(27-22-17-14-11-3)43(45(42)44)38-30-34(6)40(35(7)31-38)26-24-21-19-16-13-10-2/h28-31H,9-27H2,1-8H3. The Kier molecular flexibility index (Phi) is 15.8. The van der Waals surface area contributed by atoms with Crippen LogP contribution in [0.5, 0.6) is 0 Å². The topological polar surface area (TPSA) is 25.3 Å². The lowest BCUT2D eigenvalue weighted by atomic mass is 9.91. The number of aryl methyl sites for hydroxylation is 4. The minimum Gasteiger partial charge on any atom is -0.493 e. The molecule has 0 aliphatic carbocycles. The van der Waals surface area contributed by atoms with E-state index in [1.807, 2.05) is 0 Å². The van der Waals surface area contributed by atoms with Crippen molar-refractivity contribution < 1.29 is 4.70 Å². The van der Waals surface area contributed by atoms with Crippen LogP contribution in [-0.2, 0) is 12.8 Å². The molecule has 2 nitrogen and oxygen atoms in total. The Hall–Kier alpha value is -2.48. The molecule has 0 aromatic heterocycles. The fourth-order valence-corrected chi connectivity index (χ4v) is 7.60. The van der Waals surface area contributed by atoms with Crippen LogP contribution in [0.1, 0.15) is 181 Å². The molecule has 248 valence electrons. The fraction of sp³-hybridized carbons (Fsp3) is 0.628. The van der Waals surface area contributed by atoms with Gasteiger partial charge in [-0.25, -0.2) is 4.70 Å². The van der Waals surface area contributed by atoms with Crippen LogP contribution >= 0.6 is 0 Å². The minimum atomic E-state index is 0.972. The molecule has 0 radical (unpaired) electrons. The summed E-state index contributed by atoms with van der Waals surface area (Å²) in [6.45, 7) is 18.2. The Balaban J connectivity index is 1.87. The highest BCUT2D eigenvalue weighted by Crippen LogP contribution is 2.43. The van der Waals surface area contributed by atoms with E-state index in [1.54, 1.807) is 4.70 Å². The van der Waals surface area contributed by atoms with Gasteiger partial charge in [0, 0.05) is 22.3 Å². The number of hydrogen-bond donors (Lipinski definition) is 0. The van der Waals surface area contributed by atoms with Gasteiger partial charge >= 0.3 is 0 Å². The van der Waals surface area contributed by atoms with Crippen LogP contribution in [0.15, 0.2) is 35.4 Å². The zero-order valence-corrected chi connectivity index (χ0v) is 30.6. The first-order valence-corrected chi connectivity index (χ1v) is 18.9. The SMILES string of the molecule is CCCCCCCCc1c(C)cc(C2=C(C)C(CCCCCC)=C(c3cc(C)c(CCCCCCCC)c(C)c3)[N+]2=[N-])cc1C. The summed E-state index contributed by atoms with van der Waals surface area (Å²) in [6.07, 6.45) is 24.1. The highest BCUT2D eigenvalue weighted by Gasteiger charge is 2.34. The molecule has 1 aliphatic heterocycles. The van der Waals surface area contributed by atoms with E-state index < -0.39 is 0 Å². The molecule has 0 saturated carbocycles. The van der Waals surface area contributed by atoms with Crippen molar-refractivity contribution in [3.63, 3.8) is 0 Å². The number of allylic oxidation sites excluding steroid dienone is 2. The first-order valence-electron chi connectivity index (χ1n) is 18.9. The second-order valence-corrected chi connectivity index (χ2v) is 14.1. The van der Waals surface area contributed by atoms with Crippen molar-refractivity contribution >= 4 is 11.4 Å². The van der Waals surface area contributed by atoms with Crippen LogP contribution in [0.4, 0.5) is 0 Å². The molecule has 2 aromatic carbocycles. The van der Waals surface area contributed by atoms with E-state index in [9.17, 15) is 5.53 Å². The van der Waals surface area contributed by atoms with E-state index in [1.165, 1.54) is 141 Å². The largest absolute Gasteiger partial charge is 0.493 e. The molecule has 3 rings (SSSR count). The Morgan fingerprint density at radius 1 is 0.444 bits per heavy atom. The van der Waals surface area contributed by atoms with Crippen molar-refractivity contribution in [2.45, 2.75) is 177 Å². The monoisotopic (exact) mass is 611 g/mol. The summed E-state index contributed by atoms with van der Waals surface area (Å²) in [4.78, 5) is 0. The van der Waals surface area contributed by atoms with Crippen LogP contribution in [0.25, 0.3) is 16.9 Å². The summed E-state index contributed by atoms with van der Waals surface area (Å²) in [5.41, 5.74) is 27.3. The second kappa shape index (κ2) is 19.2. The van der Waals surface area contributed by atoms with Gasteiger partial charge in [-0.3, -0.25) is 0 Å². The summed E-state index contributed by atoms with van der Waals surface area (Å²) in [7, 11) is 0. The van der Waals surface area contributed by atoms with E-state index in [0.29, 0.717) is 0 Å². The Bertz CT molecular complexity index is 1280. The number of hydrogen-bond acceptors (Lipinski definition) is 0. The number of benzene rings is 2. The zero-order chi connectivity index (χ0) is 32.8. The summed E-state index contributed by atoms with van der Waals surface area (Å²) in [6, 6.07) is 9.36. The molecule has 0 spiro atoms. The van der Waals surface area contributed by atoms with Crippen molar-refractivity contribution in [3.8, 4) is 0 Å². The second-order valence-electron chi connectivity index (χ2n) is 14.1. The van der Waals surface area contributed by atoms with Crippen molar-refractivity contribution in [3.05, 3.63) is 85.5 Å². The lowest BCUT2D eigenvalue weighted by Gasteiger charge is -2.16. The van der Waals surface area contributed by atoms with Gasteiger partial charge in [0.1, 0.15) is 0 Å². The normalized spacial score (nSPS) is 13.6. The lowest BCUT2D eigenvalue weighted by Crippen LogP contribution is -2.06. The van der Waals surface area contributed by atoms with E-state index in [4.69, 9.17) is 0 Å². The highest BCUT2D eigenvalue weighted by molar-refractivity contribution is 5.82. The number of rotatable bonds is 21. The molecule has 0 atom stereocenters. The van der Waals surface area contributed by atoms with Crippen LogP contribution in [-0.4, -0.2) is 4.70 Å². The zero-order valence-electron chi connectivity index (χ0n) is 30.6. The smallest absolute Gasteiger partial charge is 0.211 e. The van der Waals surface area contributed by atoms with E-state index >= 15 is 0 Å². The molecule has 45 heavy (non-hydrogen) atoms. The maximum Gasteiger partial charge on any atom is 0.211 e. The third-order valence-corrected chi connectivity index (χ3v) is 10.3. The predicted octanol–water partition coefficient (Wildman–Crippen LogP) is 13.9. The van der Waals surface area contributed by atoms with Crippen LogP contribution in [0.3, 0.4) is 0 Å². The minimum absolute atomic E-state index is 0.972. The maximum atomic E-state index is 12.0. The lowest BCUT2D eigenvalue weighted by molar-refractivity contribution is -0.345. The third-order valence-electron chi connectivity index (χ3n) is 10.3. The summed E-state index contributed by atoms with van der Waals surface area (Å²) < 4.78 is 1.55. The highest BCUT2D eigenvalue weighted by atomic mass is 15.2. The Morgan fingerprint density at radius 3 is 1.20 bits per heavy atom. The maximum absolute atomic E-state index is 12.0. The average Bonchev–Trinajstić information content (AvgIpc) is 3.25. The molecule has 2 aromatic rings. The number of nitrogens with zero attached hydrogens (tertiary/aromatic N) is 2. The van der Waals surface area contributed by atoms with Gasteiger partial charge in [0.15, 0.2) is 0 Å². The molecule has 0 N–H and O–H groups in total. The van der Waals surface area contributed by atoms with E-state index in [2.05, 4.69) is 79.7 Å². The van der Waals surface area contributed by atoms with Gasteiger partial charge in [-0.15, -0.1) is 0 Å². The quantitative estimate of drug-likeness (QED) is 0.0992. The van der Waals surface area contributed by atoms with Gasteiger partial charge in [-0.1, -0.05) is 104 Å². The molecule has 1 heterocycles. The van der Waals surface area contributed by atoms with Gasteiger partial charge in [0.05, 0.1) is 0 Å². The van der Waals surface area contributed by atoms with Crippen LogP contribution in [0.2, 0.25) is 0 Å². The molecule has 0 unspecified atom stereocenters. The van der Waals surface area contributed by atoms with Gasteiger partial charge in [0.2, 0.25) is 11.4 Å². The van der Waals surface area contributed by atoms with Crippen LogP contribution in [0, 0.1) is 27.7 Å². The molecule has 2 heteroatoms. The molecule has 0 fully saturated rings. The summed E-state index contributed by atoms with van der Waals surface area (Å²) in [5, 5.41) is 0. The van der Waals surface area contributed by atoms with Crippen molar-refractivity contribution in [1.82, 2.24) is 0 Å². The Labute approximate surface area is 278 Å². The summed E-state index contributed by atoms with van der Waals surface area (Å²) >= 11 is 0. The fourth-order valence-electron chi connectivity index (χ4n) is 7.60. The molecular weight excluding hydrogens is 544 g/mol. The molecule has 0 amide bonds. The first-order chi connectivity index (χ1) is 21.7. The molecule has 0 bridgehead atoms. The molecule has 1 aliphatic rings. The summed E-state index contributed by atoms with van der Waals surface area (Å²) in [5.74, 6) is 0. The van der Waals surface area contributed by atoms with Crippen molar-refractivity contribution in [1.29, 1.82) is 0 Å². The van der Waals surface area contributed by atoms with Crippen molar-refractivity contribution in [2.75, 3.05) is 0 Å². The number of unbranched alkanes of at least 4 members (excludes halogenated alkanes) is 13. The Morgan fingerprint density at radius 2 is 0.778 bits per heavy atom. The van der Waals surface area contributed by atoms with E-state index in [0.717, 1.165) is 48.2 Å². The molecular formula is C43H66N2. The van der Waals surface area contributed by atoms with Crippen LogP contribution < -0.4 is 0 Å². The first kappa shape index (κ1) is 37.0. The van der Waals surface area contributed by atoms with Gasteiger partial charge in [-0.2, -0.15) is 0 Å². The van der Waals surface area contributed by atoms with Gasteiger partial charge < -0.3 is 5.53 Å². The predicted molar refractivity (Wildman–Crippen MR) is 198 cm³/mol. The van der Waals surface area contributed by atoms with Gasteiger partial charge in [-0.05, 0) is 131 Å². The van der Waals surface area contributed by atoms with Gasteiger partial charge in [0.25, 0.3) is 0 Å². The van der Waals surface area contributed by atoms with E-state index in [-0.39, 0.29) is 0 Å². The van der Waals surface area contributed by atoms with Crippen molar-refractivity contribution in [2.24, 2.45) is 0 Å². The molecule has 0 saturated heterocycles.